The fraction of sp³-hybridized carbons (Fsp3) is 0.278. The van der Waals surface area contributed by atoms with E-state index in [0.29, 0.717) is 23.8 Å². The molecule has 2 aromatic rings. The lowest BCUT2D eigenvalue weighted by Gasteiger charge is -2.15. The molecule has 5 nitrogen and oxygen atoms in total. The number of aliphatic imine (C=N–C) groups is 1. The van der Waals surface area contributed by atoms with E-state index in [9.17, 15) is 13.2 Å². The van der Waals surface area contributed by atoms with Crippen LogP contribution in [-0.4, -0.2) is 26.7 Å². The van der Waals surface area contributed by atoms with E-state index in [1.54, 1.807) is 31.3 Å². The second-order valence-electron chi connectivity index (χ2n) is 5.26. The van der Waals surface area contributed by atoms with Crippen molar-refractivity contribution in [3.05, 3.63) is 59.4 Å². The Labute approximate surface area is 173 Å². The molecule has 0 saturated carbocycles. The summed E-state index contributed by atoms with van der Waals surface area (Å²) >= 11 is 0. The van der Waals surface area contributed by atoms with Crippen LogP contribution in [0.25, 0.3) is 0 Å². The lowest BCUT2D eigenvalue weighted by molar-refractivity contribution is -0.0504. The van der Waals surface area contributed by atoms with Gasteiger partial charge in [0.25, 0.3) is 0 Å². The third-order valence-electron chi connectivity index (χ3n) is 3.53. The summed E-state index contributed by atoms with van der Waals surface area (Å²) in [5.74, 6) is 0.737. The average molecular weight is 495 g/mol. The van der Waals surface area contributed by atoms with E-state index >= 15 is 0 Å². The van der Waals surface area contributed by atoms with E-state index in [4.69, 9.17) is 4.74 Å². The Balaban J connectivity index is 0.00000364. The van der Waals surface area contributed by atoms with E-state index in [1.165, 1.54) is 25.3 Å². The molecule has 2 rings (SSSR count). The Kier molecular flexibility index (Phi) is 9.76. The van der Waals surface area contributed by atoms with Gasteiger partial charge in [0.1, 0.15) is 17.3 Å². The summed E-state index contributed by atoms with van der Waals surface area (Å²) in [4.78, 5) is 4.07. The minimum Gasteiger partial charge on any atom is -0.497 e. The second-order valence-corrected chi connectivity index (χ2v) is 5.26. The third-order valence-corrected chi connectivity index (χ3v) is 3.53. The molecule has 0 aliphatic heterocycles. The zero-order valence-electron chi connectivity index (χ0n) is 14.8. The standard InChI is InChI=1S/C18H20F3N3O2.HI/c1-22-18(23-10-12-3-5-14(19)6-4-12)24-11-13-9-15(25-2)7-8-16(13)26-17(20)21;/h3-9,17H,10-11H2,1-2H3,(H2,22,23,24);1H. The van der Waals surface area contributed by atoms with Crippen LogP contribution in [0.15, 0.2) is 47.5 Å². The molecule has 9 heteroatoms. The smallest absolute Gasteiger partial charge is 0.387 e. The van der Waals surface area contributed by atoms with Crippen molar-refractivity contribution in [3.63, 3.8) is 0 Å². The quantitative estimate of drug-likeness (QED) is 0.348. The molecular weight excluding hydrogens is 474 g/mol. The van der Waals surface area contributed by atoms with Crippen molar-refractivity contribution in [2.75, 3.05) is 14.2 Å². The third kappa shape index (κ3) is 7.53. The molecule has 0 heterocycles. The largest absolute Gasteiger partial charge is 0.497 e. The molecule has 0 aromatic heterocycles. The Morgan fingerprint density at radius 2 is 1.74 bits per heavy atom. The molecule has 2 N–H and O–H groups in total. The Morgan fingerprint density at radius 3 is 2.33 bits per heavy atom. The van der Waals surface area contributed by atoms with Crippen LogP contribution in [0.2, 0.25) is 0 Å². The molecule has 0 aliphatic carbocycles. The van der Waals surface area contributed by atoms with Crippen molar-refractivity contribution in [1.82, 2.24) is 10.6 Å². The van der Waals surface area contributed by atoms with Gasteiger partial charge in [-0.15, -0.1) is 24.0 Å². The van der Waals surface area contributed by atoms with Crippen LogP contribution in [0.3, 0.4) is 0 Å². The SMILES string of the molecule is CN=C(NCc1ccc(F)cc1)NCc1cc(OC)ccc1OC(F)F.I. The van der Waals surface area contributed by atoms with Crippen LogP contribution in [-0.2, 0) is 13.1 Å². The number of hydrogen-bond acceptors (Lipinski definition) is 3. The van der Waals surface area contributed by atoms with Gasteiger partial charge >= 0.3 is 6.61 Å². The van der Waals surface area contributed by atoms with Gasteiger partial charge < -0.3 is 20.1 Å². The lowest BCUT2D eigenvalue weighted by Crippen LogP contribution is -2.36. The van der Waals surface area contributed by atoms with E-state index < -0.39 is 6.61 Å². The first-order valence-electron chi connectivity index (χ1n) is 7.82. The molecule has 0 saturated heterocycles. The predicted octanol–water partition coefficient (Wildman–Crippen LogP) is 3.92. The van der Waals surface area contributed by atoms with Gasteiger partial charge in [-0.05, 0) is 35.9 Å². The molecule has 0 radical (unpaired) electrons. The van der Waals surface area contributed by atoms with Gasteiger partial charge in [-0.1, -0.05) is 12.1 Å². The summed E-state index contributed by atoms with van der Waals surface area (Å²) in [7, 11) is 3.07. The monoisotopic (exact) mass is 495 g/mol. The highest BCUT2D eigenvalue weighted by atomic mass is 127. The first kappa shape index (κ1) is 22.9. The molecule has 0 aliphatic rings. The molecule has 0 bridgehead atoms. The van der Waals surface area contributed by atoms with Gasteiger partial charge in [0.2, 0.25) is 0 Å². The Morgan fingerprint density at radius 1 is 1.07 bits per heavy atom. The van der Waals surface area contributed by atoms with Gasteiger partial charge in [0.05, 0.1) is 7.11 Å². The Hall–Kier alpha value is -2.17. The molecular formula is C18H21F3IN3O2. The summed E-state index contributed by atoms with van der Waals surface area (Å²) in [6.45, 7) is -2.29. The minimum atomic E-state index is -2.92. The van der Waals surface area contributed by atoms with Gasteiger partial charge in [0, 0.05) is 25.7 Å². The number of benzene rings is 2. The lowest BCUT2D eigenvalue weighted by atomic mass is 10.2. The van der Waals surface area contributed by atoms with Crippen LogP contribution in [0, 0.1) is 5.82 Å². The van der Waals surface area contributed by atoms with Crippen molar-refractivity contribution in [2.24, 2.45) is 4.99 Å². The number of nitrogens with zero attached hydrogens (tertiary/aromatic N) is 1. The molecule has 148 valence electrons. The maximum atomic E-state index is 12.9. The summed E-state index contributed by atoms with van der Waals surface area (Å²) in [5, 5.41) is 6.08. The second kappa shape index (κ2) is 11.5. The van der Waals surface area contributed by atoms with Gasteiger partial charge in [-0.2, -0.15) is 8.78 Å². The number of rotatable bonds is 7. The van der Waals surface area contributed by atoms with Gasteiger partial charge in [-0.3, -0.25) is 4.99 Å². The molecule has 0 amide bonds. The van der Waals surface area contributed by atoms with Crippen LogP contribution < -0.4 is 20.1 Å². The normalized spacial score (nSPS) is 11.0. The van der Waals surface area contributed by atoms with Gasteiger partial charge in [-0.25, -0.2) is 4.39 Å². The number of guanidine groups is 1. The van der Waals surface area contributed by atoms with Crippen molar-refractivity contribution < 1.29 is 22.6 Å². The molecule has 0 unspecified atom stereocenters. The summed E-state index contributed by atoms with van der Waals surface area (Å²) in [6, 6.07) is 10.6. The van der Waals surface area contributed by atoms with Crippen molar-refractivity contribution >= 4 is 29.9 Å². The summed E-state index contributed by atoms with van der Waals surface area (Å²) in [6.07, 6.45) is 0. The highest BCUT2D eigenvalue weighted by Gasteiger charge is 2.11. The first-order valence-corrected chi connectivity index (χ1v) is 7.82. The fourth-order valence-electron chi connectivity index (χ4n) is 2.22. The Bertz CT molecular complexity index is 743. The predicted molar refractivity (Wildman–Crippen MR) is 108 cm³/mol. The molecule has 27 heavy (non-hydrogen) atoms. The number of alkyl halides is 2. The highest BCUT2D eigenvalue weighted by molar-refractivity contribution is 14.0. The van der Waals surface area contributed by atoms with E-state index in [1.807, 2.05) is 0 Å². The molecule has 0 spiro atoms. The van der Waals surface area contributed by atoms with Gasteiger partial charge in [0.15, 0.2) is 5.96 Å². The zero-order valence-corrected chi connectivity index (χ0v) is 17.2. The zero-order chi connectivity index (χ0) is 18.9. The summed E-state index contributed by atoms with van der Waals surface area (Å²) < 4.78 is 47.7. The van der Waals surface area contributed by atoms with E-state index in [0.717, 1.165) is 5.56 Å². The topological polar surface area (TPSA) is 54.9 Å². The fourth-order valence-corrected chi connectivity index (χ4v) is 2.22. The molecule has 0 atom stereocenters. The van der Waals surface area contributed by atoms with Crippen LogP contribution in [0.5, 0.6) is 11.5 Å². The molecule has 2 aromatic carbocycles. The van der Waals surface area contributed by atoms with Crippen molar-refractivity contribution in [2.45, 2.75) is 19.7 Å². The number of hydrogen-bond donors (Lipinski definition) is 2. The number of nitrogens with one attached hydrogen (secondary N) is 2. The number of halogens is 4. The highest BCUT2D eigenvalue weighted by Crippen LogP contribution is 2.25. The number of ether oxygens (including phenoxy) is 2. The maximum Gasteiger partial charge on any atom is 0.387 e. The van der Waals surface area contributed by atoms with Crippen molar-refractivity contribution in [3.8, 4) is 11.5 Å². The maximum absolute atomic E-state index is 12.9. The van der Waals surface area contributed by atoms with Crippen LogP contribution in [0.1, 0.15) is 11.1 Å². The molecule has 0 fully saturated rings. The first-order chi connectivity index (χ1) is 12.5. The van der Waals surface area contributed by atoms with Crippen molar-refractivity contribution in [1.29, 1.82) is 0 Å². The minimum absolute atomic E-state index is 0. The van der Waals surface area contributed by atoms with Crippen LogP contribution in [0.4, 0.5) is 13.2 Å². The van der Waals surface area contributed by atoms with E-state index in [-0.39, 0.29) is 42.1 Å². The van der Waals surface area contributed by atoms with E-state index in [2.05, 4.69) is 20.4 Å². The van der Waals surface area contributed by atoms with Crippen LogP contribution >= 0.6 is 24.0 Å². The average Bonchev–Trinajstić information content (AvgIpc) is 2.64. The summed E-state index contributed by atoms with van der Waals surface area (Å²) in [5.41, 5.74) is 1.37. The number of methoxy groups -OCH3 is 1.